The largest absolute Gasteiger partial charge is 0.468 e. The van der Waals surface area contributed by atoms with Gasteiger partial charge in [0, 0.05) is 0 Å². The molecule has 4 rings (SSSR count). The number of para-hydroxylation sites is 1. The lowest BCUT2D eigenvalue weighted by Crippen LogP contribution is -2.41. The summed E-state index contributed by atoms with van der Waals surface area (Å²) in [4.78, 5) is 34.4. The molecule has 3 aromatic rings. The molecular weight excluding hydrogens is 511 g/mol. The summed E-state index contributed by atoms with van der Waals surface area (Å²) >= 11 is 0. The fourth-order valence-corrected chi connectivity index (χ4v) is 5.57. The number of benzene rings is 1. The first-order chi connectivity index (χ1) is 17.5. The number of hydrogen-bond acceptors (Lipinski definition) is 12. The molecule has 2 aromatic heterocycles. The molecule has 0 saturated carbocycles. The summed E-state index contributed by atoms with van der Waals surface area (Å²) in [7, 11) is -3.09. The number of H-pyrrole nitrogens is 1. The molecule has 0 aliphatic carbocycles. The zero-order valence-corrected chi connectivity index (χ0v) is 20.9. The number of hydrogen-bond donors (Lipinski definition) is 5. The lowest BCUT2D eigenvalue weighted by Gasteiger charge is -2.28. The van der Waals surface area contributed by atoms with E-state index in [1.54, 1.807) is 18.2 Å². The predicted molar refractivity (Wildman–Crippen MR) is 128 cm³/mol. The molecule has 0 radical (unpaired) electrons. The van der Waals surface area contributed by atoms with Crippen molar-refractivity contribution in [3.8, 4) is 5.75 Å². The number of aromatic nitrogens is 4. The van der Waals surface area contributed by atoms with E-state index in [1.807, 2.05) is 0 Å². The first kappa shape index (κ1) is 26.7. The quantitative estimate of drug-likeness (QED) is 0.180. The first-order valence-electron chi connectivity index (χ1n) is 11.2. The highest BCUT2D eigenvalue weighted by molar-refractivity contribution is 7.52. The number of anilines is 1. The highest BCUT2D eigenvalue weighted by atomic mass is 31.2. The van der Waals surface area contributed by atoms with Crippen LogP contribution in [0.15, 0.2) is 41.5 Å². The summed E-state index contributed by atoms with van der Waals surface area (Å²) in [5.41, 5.74) is 5.02. The topological polar surface area (TPSA) is 213 Å². The van der Waals surface area contributed by atoms with Crippen LogP contribution in [0.1, 0.15) is 20.1 Å². The second-order valence-electron chi connectivity index (χ2n) is 8.33. The summed E-state index contributed by atoms with van der Waals surface area (Å²) in [6.45, 7) is 2.85. The molecule has 0 spiro atoms. The highest BCUT2D eigenvalue weighted by Crippen LogP contribution is 2.48. The number of carbonyl (C=O) groups excluding carboxylic acids is 1. The first-order valence-corrected chi connectivity index (χ1v) is 12.7. The van der Waals surface area contributed by atoms with Crippen molar-refractivity contribution in [3.63, 3.8) is 0 Å². The Morgan fingerprint density at radius 1 is 1.27 bits per heavy atom. The summed E-state index contributed by atoms with van der Waals surface area (Å²) < 4.78 is 36.8. The van der Waals surface area contributed by atoms with Crippen molar-refractivity contribution in [2.75, 3.05) is 12.8 Å². The number of nitrogens with zero attached hydrogens (tertiary/aromatic N) is 3. The van der Waals surface area contributed by atoms with Gasteiger partial charge in [0.2, 0.25) is 5.95 Å². The molecule has 16 heteroatoms. The van der Waals surface area contributed by atoms with Crippen molar-refractivity contribution in [1.82, 2.24) is 24.6 Å². The van der Waals surface area contributed by atoms with Gasteiger partial charge >= 0.3 is 13.7 Å². The van der Waals surface area contributed by atoms with Crippen LogP contribution in [-0.4, -0.2) is 73.3 Å². The van der Waals surface area contributed by atoms with E-state index in [0.29, 0.717) is 0 Å². The maximum absolute atomic E-state index is 13.7. The number of aliphatic hydroxyl groups excluding tert-OH is 2. The van der Waals surface area contributed by atoms with E-state index in [0.717, 1.165) is 0 Å². The van der Waals surface area contributed by atoms with Crippen molar-refractivity contribution in [3.05, 3.63) is 47.0 Å². The van der Waals surface area contributed by atoms with Gasteiger partial charge in [-0.2, -0.15) is 10.1 Å². The van der Waals surface area contributed by atoms with Gasteiger partial charge in [0.1, 0.15) is 30.1 Å². The molecule has 3 unspecified atom stereocenters. The van der Waals surface area contributed by atoms with Gasteiger partial charge in [0.25, 0.3) is 5.56 Å². The second-order valence-corrected chi connectivity index (χ2v) is 9.98. The Morgan fingerprint density at radius 2 is 1.97 bits per heavy atom. The zero-order valence-electron chi connectivity index (χ0n) is 20.0. The third-order valence-electron chi connectivity index (χ3n) is 5.64. The SMILES string of the molecule is COC(=O)C(C)NP(=O)(Oc1ccccc1)OC(C)[C@H]1O[C@@H](n2cnc3c(=O)[nH]c(N)nc32)[C@H](O)[C@@H]1O. The number of esters is 1. The van der Waals surface area contributed by atoms with Crippen molar-refractivity contribution < 1.29 is 38.1 Å². The van der Waals surface area contributed by atoms with Crippen LogP contribution >= 0.6 is 7.75 Å². The molecule has 1 aliphatic heterocycles. The van der Waals surface area contributed by atoms with Gasteiger partial charge in [-0.15, -0.1) is 0 Å². The summed E-state index contributed by atoms with van der Waals surface area (Å²) in [5.74, 6) is -0.702. The minimum Gasteiger partial charge on any atom is -0.468 e. The molecule has 6 N–H and O–H groups in total. The smallest absolute Gasteiger partial charge is 0.459 e. The Bertz CT molecular complexity index is 1370. The minimum absolute atomic E-state index is 0.0263. The van der Waals surface area contributed by atoms with Crippen molar-refractivity contribution >= 4 is 30.8 Å². The van der Waals surface area contributed by atoms with Crippen LogP contribution in [-0.2, 0) is 23.4 Å². The second kappa shape index (κ2) is 10.6. The maximum atomic E-state index is 13.7. The number of rotatable bonds is 9. The third kappa shape index (κ3) is 5.51. The number of imidazole rings is 1. The van der Waals surface area contributed by atoms with Crippen LogP contribution < -0.4 is 20.9 Å². The van der Waals surface area contributed by atoms with Crippen molar-refractivity contribution in [1.29, 1.82) is 0 Å². The van der Waals surface area contributed by atoms with Gasteiger partial charge in [-0.1, -0.05) is 18.2 Å². The Balaban J connectivity index is 1.58. The number of nitrogen functional groups attached to an aromatic ring is 1. The van der Waals surface area contributed by atoms with E-state index in [1.165, 1.54) is 44.0 Å². The number of nitrogens with one attached hydrogen (secondary N) is 2. The zero-order chi connectivity index (χ0) is 26.9. The Morgan fingerprint density at radius 3 is 2.65 bits per heavy atom. The van der Waals surface area contributed by atoms with Crippen molar-refractivity contribution in [2.24, 2.45) is 0 Å². The van der Waals surface area contributed by atoms with Gasteiger partial charge in [-0.3, -0.25) is 23.7 Å². The van der Waals surface area contributed by atoms with Gasteiger partial charge in [-0.05, 0) is 26.0 Å². The molecule has 0 amide bonds. The Hall–Kier alpha value is -3.33. The minimum atomic E-state index is -4.27. The molecule has 200 valence electrons. The van der Waals surface area contributed by atoms with Crippen LogP contribution in [0, 0.1) is 0 Å². The average molecular weight is 538 g/mol. The summed E-state index contributed by atoms with van der Waals surface area (Å²) in [5, 5.41) is 24.0. The van der Waals surface area contributed by atoms with Gasteiger partial charge < -0.3 is 29.9 Å². The van der Waals surface area contributed by atoms with E-state index in [9.17, 15) is 24.4 Å². The van der Waals surface area contributed by atoms with Gasteiger partial charge in [-0.25, -0.2) is 9.55 Å². The average Bonchev–Trinajstić information content (AvgIpc) is 3.39. The van der Waals surface area contributed by atoms with E-state index in [2.05, 4.69) is 24.8 Å². The van der Waals surface area contributed by atoms with Crippen LogP contribution in [0.5, 0.6) is 5.75 Å². The van der Waals surface area contributed by atoms with E-state index in [4.69, 9.17) is 19.5 Å². The predicted octanol–water partition coefficient (Wildman–Crippen LogP) is 0.0643. The van der Waals surface area contributed by atoms with Gasteiger partial charge in [0.05, 0.1) is 19.5 Å². The fraction of sp³-hybridized carbons (Fsp3) is 0.429. The number of fused-ring (bicyclic) bond motifs is 1. The van der Waals surface area contributed by atoms with E-state index < -0.39 is 56.0 Å². The molecule has 15 nitrogen and oxygen atoms in total. The molecule has 37 heavy (non-hydrogen) atoms. The normalized spacial score (nSPS) is 24.9. The summed E-state index contributed by atoms with van der Waals surface area (Å²) in [6, 6.07) is 7.03. The molecule has 1 aliphatic rings. The van der Waals surface area contributed by atoms with Crippen LogP contribution in [0.25, 0.3) is 11.2 Å². The maximum Gasteiger partial charge on any atom is 0.459 e. The monoisotopic (exact) mass is 538 g/mol. The molecular formula is C21H27N6O9P. The van der Waals surface area contributed by atoms with Crippen molar-refractivity contribution in [2.45, 2.75) is 50.5 Å². The molecule has 1 saturated heterocycles. The standard InChI is InChI=1S/C21H27N6O9P/c1-10(20(31)33-3)26-37(32,36-12-7-5-4-6-8-12)35-11(2)16-14(28)15(29)19(34-16)27-9-23-13-17(27)24-21(22)25-18(13)30/h4-11,14-16,19,28-29H,1-3H3,(H,26,32)(H3,22,24,25,30)/t10?,11?,14-,15+,16+,19+,37?/m0/s1. The Kier molecular flexibility index (Phi) is 7.64. The van der Waals surface area contributed by atoms with Crippen LogP contribution in [0.2, 0.25) is 0 Å². The number of aromatic amines is 1. The Labute approximate surface area is 210 Å². The van der Waals surface area contributed by atoms with Gasteiger partial charge in [0.15, 0.2) is 17.4 Å². The molecule has 0 bridgehead atoms. The molecule has 1 fully saturated rings. The fourth-order valence-electron chi connectivity index (χ4n) is 3.88. The number of nitrogens with two attached hydrogens (primary N) is 1. The van der Waals surface area contributed by atoms with E-state index >= 15 is 0 Å². The lowest BCUT2D eigenvalue weighted by molar-refractivity contribution is -0.142. The van der Waals surface area contributed by atoms with Crippen LogP contribution in [0.3, 0.4) is 0 Å². The third-order valence-corrected chi connectivity index (χ3v) is 7.41. The number of aliphatic hydroxyl groups is 2. The summed E-state index contributed by atoms with van der Waals surface area (Å²) in [6.07, 6.45) is -5.41. The molecule has 3 heterocycles. The number of carbonyl (C=O) groups is 1. The lowest BCUT2D eigenvalue weighted by atomic mass is 10.1. The molecule has 7 atom stereocenters. The van der Waals surface area contributed by atoms with E-state index in [-0.39, 0.29) is 22.9 Å². The number of methoxy groups -OCH3 is 1. The molecule has 1 aromatic carbocycles. The number of ether oxygens (including phenoxy) is 2. The van der Waals surface area contributed by atoms with Crippen LogP contribution in [0.4, 0.5) is 5.95 Å². The highest BCUT2D eigenvalue weighted by Gasteiger charge is 2.49.